The molecule has 110 valence electrons. The summed E-state index contributed by atoms with van der Waals surface area (Å²) >= 11 is 0. The maximum atomic E-state index is 13.0. The van der Waals surface area contributed by atoms with Crippen LogP contribution in [-0.4, -0.2) is 23.9 Å². The Hall–Kier alpha value is -1.42. The van der Waals surface area contributed by atoms with Crippen LogP contribution in [0.4, 0.5) is 4.39 Å². The summed E-state index contributed by atoms with van der Waals surface area (Å²) in [4.78, 5) is 14.5. The molecule has 3 nitrogen and oxygen atoms in total. The van der Waals surface area contributed by atoms with E-state index in [2.05, 4.69) is 0 Å². The van der Waals surface area contributed by atoms with Crippen LogP contribution in [0.2, 0.25) is 0 Å². The summed E-state index contributed by atoms with van der Waals surface area (Å²) < 4.78 is 13.0. The first-order chi connectivity index (χ1) is 9.36. The summed E-state index contributed by atoms with van der Waals surface area (Å²) in [5.41, 5.74) is 6.57. The molecule has 1 fully saturated rings. The molecule has 0 bridgehead atoms. The topological polar surface area (TPSA) is 46.3 Å². The molecule has 2 rings (SSSR count). The molecule has 0 radical (unpaired) electrons. The second kappa shape index (κ2) is 5.52. The molecule has 20 heavy (non-hydrogen) atoms. The number of nitrogens with zero attached hydrogens (tertiary/aromatic N) is 1. The second-order valence-corrected chi connectivity index (χ2v) is 6.06. The Kier molecular flexibility index (Phi) is 4.14. The van der Waals surface area contributed by atoms with Gasteiger partial charge in [0.05, 0.1) is 11.5 Å². The molecule has 1 saturated carbocycles. The van der Waals surface area contributed by atoms with E-state index in [4.69, 9.17) is 5.73 Å². The van der Waals surface area contributed by atoms with Crippen LogP contribution in [0.5, 0.6) is 0 Å². The Balaban J connectivity index is 2.16. The average Bonchev–Trinajstić information content (AvgIpc) is 2.78. The smallest absolute Gasteiger partial charge is 0.230 e. The zero-order valence-corrected chi connectivity index (χ0v) is 12.4. The highest BCUT2D eigenvalue weighted by Crippen LogP contribution is 2.39. The minimum absolute atomic E-state index is 0.0714. The summed E-state index contributed by atoms with van der Waals surface area (Å²) in [7, 11) is 1.80. The lowest BCUT2D eigenvalue weighted by atomic mass is 9.83. The first-order valence-corrected chi connectivity index (χ1v) is 7.14. The van der Waals surface area contributed by atoms with Crippen LogP contribution >= 0.6 is 0 Å². The monoisotopic (exact) mass is 278 g/mol. The zero-order valence-electron chi connectivity index (χ0n) is 12.4. The molecule has 0 aromatic heterocycles. The van der Waals surface area contributed by atoms with Crippen LogP contribution in [0.3, 0.4) is 0 Å². The molecule has 0 saturated heterocycles. The minimum atomic E-state index is -0.469. The van der Waals surface area contributed by atoms with Crippen LogP contribution in [0.15, 0.2) is 24.3 Å². The number of carbonyl (C=O) groups is 1. The van der Waals surface area contributed by atoms with Crippen molar-refractivity contribution in [3.8, 4) is 0 Å². The lowest BCUT2D eigenvalue weighted by Crippen LogP contribution is -2.48. The Morgan fingerprint density at radius 1 is 1.45 bits per heavy atom. The normalized spacial score (nSPS) is 27.4. The van der Waals surface area contributed by atoms with Crippen molar-refractivity contribution in [2.45, 2.75) is 45.2 Å². The van der Waals surface area contributed by atoms with Gasteiger partial charge in [-0.2, -0.15) is 0 Å². The summed E-state index contributed by atoms with van der Waals surface area (Å²) in [5.74, 6) is -0.181. The molecule has 0 aliphatic heterocycles. The van der Waals surface area contributed by atoms with E-state index < -0.39 is 5.41 Å². The third-order valence-electron chi connectivity index (χ3n) is 4.77. The van der Waals surface area contributed by atoms with Crippen LogP contribution < -0.4 is 5.73 Å². The van der Waals surface area contributed by atoms with Crippen LogP contribution in [0.1, 0.15) is 44.7 Å². The van der Waals surface area contributed by atoms with E-state index in [1.54, 1.807) is 24.1 Å². The number of halogens is 1. The largest absolute Gasteiger partial charge is 0.338 e. The molecule has 0 spiro atoms. The van der Waals surface area contributed by atoms with Crippen LogP contribution in [0.25, 0.3) is 0 Å². The standard InChI is InChI=1S/C16H23FN2O/c1-11(12-6-8-13(17)9-7-12)19(3)15(20)16(2)10-4-5-14(16)18/h6-9,11,14H,4-5,10,18H2,1-3H3. The quantitative estimate of drug-likeness (QED) is 0.924. The fourth-order valence-electron chi connectivity index (χ4n) is 3.00. The minimum Gasteiger partial charge on any atom is -0.338 e. The molecule has 3 atom stereocenters. The predicted molar refractivity (Wildman–Crippen MR) is 77.5 cm³/mol. The molecule has 0 heterocycles. The zero-order chi connectivity index (χ0) is 14.9. The van der Waals surface area contributed by atoms with Gasteiger partial charge in [-0.3, -0.25) is 4.79 Å². The van der Waals surface area contributed by atoms with E-state index >= 15 is 0 Å². The van der Waals surface area contributed by atoms with Crippen molar-refractivity contribution in [1.29, 1.82) is 0 Å². The summed E-state index contributed by atoms with van der Waals surface area (Å²) in [6.07, 6.45) is 2.75. The lowest BCUT2D eigenvalue weighted by Gasteiger charge is -2.35. The van der Waals surface area contributed by atoms with Gasteiger partial charge >= 0.3 is 0 Å². The van der Waals surface area contributed by atoms with E-state index in [1.165, 1.54) is 12.1 Å². The fraction of sp³-hybridized carbons (Fsp3) is 0.562. The van der Waals surface area contributed by atoms with E-state index in [0.29, 0.717) is 0 Å². The fourth-order valence-corrected chi connectivity index (χ4v) is 3.00. The first kappa shape index (κ1) is 15.0. The number of benzene rings is 1. The number of carbonyl (C=O) groups excluding carboxylic acids is 1. The van der Waals surface area contributed by atoms with Crippen molar-refractivity contribution in [3.63, 3.8) is 0 Å². The van der Waals surface area contributed by atoms with Gasteiger partial charge in [-0.1, -0.05) is 18.6 Å². The number of nitrogens with two attached hydrogens (primary N) is 1. The summed E-state index contributed by atoms with van der Waals surface area (Å²) in [6, 6.07) is 6.13. The van der Waals surface area contributed by atoms with Gasteiger partial charge in [0.2, 0.25) is 5.91 Å². The van der Waals surface area contributed by atoms with Crippen molar-refractivity contribution in [1.82, 2.24) is 4.90 Å². The predicted octanol–water partition coefficient (Wildman–Crippen LogP) is 2.86. The third-order valence-corrected chi connectivity index (χ3v) is 4.77. The molecule has 2 N–H and O–H groups in total. The Labute approximate surface area is 120 Å². The first-order valence-electron chi connectivity index (χ1n) is 7.14. The van der Waals surface area contributed by atoms with Gasteiger partial charge in [0.15, 0.2) is 0 Å². The van der Waals surface area contributed by atoms with Crippen molar-refractivity contribution >= 4 is 5.91 Å². The molecule has 1 amide bonds. The van der Waals surface area contributed by atoms with Crippen molar-refractivity contribution < 1.29 is 9.18 Å². The molecule has 4 heteroatoms. The molecule has 1 aliphatic rings. The lowest BCUT2D eigenvalue weighted by molar-refractivity contribution is -0.142. The average molecular weight is 278 g/mol. The Morgan fingerprint density at radius 2 is 2.05 bits per heavy atom. The van der Waals surface area contributed by atoms with E-state index in [0.717, 1.165) is 24.8 Å². The highest BCUT2D eigenvalue weighted by molar-refractivity contribution is 5.83. The van der Waals surface area contributed by atoms with Crippen LogP contribution in [-0.2, 0) is 4.79 Å². The summed E-state index contributed by atoms with van der Waals surface area (Å²) in [6.45, 7) is 3.91. The van der Waals surface area contributed by atoms with Gasteiger partial charge in [-0.05, 0) is 44.4 Å². The van der Waals surface area contributed by atoms with Crippen molar-refractivity contribution in [3.05, 3.63) is 35.6 Å². The number of amides is 1. The van der Waals surface area contributed by atoms with Crippen LogP contribution in [0, 0.1) is 11.2 Å². The Morgan fingerprint density at radius 3 is 2.55 bits per heavy atom. The van der Waals surface area contributed by atoms with Gasteiger partial charge in [0.25, 0.3) is 0 Å². The molecular weight excluding hydrogens is 255 g/mol. The van der Waals surface area contributed by atoms with E-state index in [9.17, 15) is 9.18 Å². The maximum Gasteiger partial charge on any atom is 0.230 e. The van der Waals surface area contributed by atoms with E-state index in [-0.39, 0.29) is 23.8 Å². The molecule has 1 aliphatic carbocycles. The second-order valence-electron chi connectivity index (χ2n) is 6.06. The molecule has 1 aromatic rings. The molecule has 3 unspecified atom stereocenters. The number of rotatable bonds is 3. The number of hydrogen-bond acceptors (Lipinski definition) is 2. The maximum absolute atomic E-state index is 13.0. The highest BCUT2D eigenvalue weighted by atomic mass is 19.1. The van der Waals surface area contributed by atoms with Gasteiger partial charge in [0, 0.05) is 13.1 Å². The summed E-state index contributed by atoms with van der Waals surface area (Å²) in [5, 5.41) is 0. The van der Waals surface area contributed by atoms with Gasteiger partial charge in [-0.25, -0.2) is 4.39 Å². The Bertz CT molecular complexity index is 488. The third kappa shape index (κ3) is 2.57. The van der Waals surface area contributed by atoms with Gasteiger partial charge < -0.3 is 10.6 Å². The van der Waals surface area contributed by atoms with E-state index in [1.807, 2.05) is 13.8 Å². The highest BCUT2D eigenvalue weighted by Gasteiger charge is 2.45. The van der Waals surface area contributed by atoms with Crippen molar-refractivity contribution in [2.24, 2.45) is 11.1 Å². The SMILES string of the molecule is CC(c1ccc(F)cc1)N(C)C(=O)C1(C)CCCC1N. The molecule has 1 aromatic carbocycles. The molecular formula is C16H23FN2O. The van der Waals surface area contributed by atoms with Crippen molar-refractivity contribution in [2.75, 3.05) is 7.05 Å². The van der Waals surface area contributed by atoms with Gasteiger partial charge in [0.1, 0.15) is 5.82 Å². The number of hydrogen-bond donors (Lipinski definition) is 1. The van der Waals surface area contributed by atoms with Gasteiger partial charge in [-0.15, -0.1) is 0 Å².